The van der Waals surface area contributed by atoms with E-state index in [9.17, 15) is 0 Å². The molecule has 0 aromatic heterocycles. The standard InChI is InChI=1S/2C24H20B.Co/c2*1-5-13-21(14-6-1)25(22-15-7-2-8-16-22,23-17-9-3-10-18-23)24-19-11-4-12-20-24;/h2*1-20H;/q2*-1;+2. The molecule has 0 aliphatic carbocycles. The number of hydrogen-bond acceptors (Lipinski definition) is 0. The summed E-state index contributed by atoms with van der Waals surface area (Å²) in [5, 5.41) is 0. The van der Waals surface area contributed by atoms with Gasteiger partial charge >= 0.3 is 16.8 Å². The summed E-state index contributed by atoms with van der Waals surface area (Å²) in [6, 6.07) is 87.1. The van der Waals surface area contributed by atoms with E-state index in [1.807, 2.05) is 0 Å². The average molecular weight is 697 g/mol. The first-order valence-electron chi connectivity index (χ1n) is 17.6. The second kappa shape index (κ2) is 16.9. The van der Waals surface area contributed by atoms with Crippen LogP contribution >= 0.6 is 0 Å². The minimum atomic E-state index is -1.22. The van der Waals surface area contributed by atoms with Crippen molar-refractivity contribution in [2.24, 2.45) is 0 Å². The summed E-state index contributed by atoms with van der Waals surface area (Å²) in [5.74, 6) is 0. The SMILES string of the molecule is [Co+2].c1ccc([B-](c2ccccc2)(c2ccccc2)c2ccccc2)cc1.c1ccc([B-](c2ccccc2)(c2ccccc2)c2ccccc2)cc1. The Bertz CT molecular complexity index is 1680. The summed E-state index contributed by atoms with van der Waals surface area (Å²) in [5.41, 5.74) is 10.7. The van der Waals surface area contributed by atoms with E-state index in [2.05, 4.69) is 243 Å². The molecule has 0 atom stereocenters. The quantitative estimate of drug-likeness (QED) is 0.168. The molecular weight excluding hydrogens is 657 g/mol. The zero-order valence-electron chi connectivity index (χ0n) is 28.6. The summed E-state index contributed by atoms with van der Waals surface area (Å²) in [6.07, 6.45) is -2.43. The third kappa shape index (κ3) is 7.05. The first-order chi connectivity index (χ1) is 24.8. The van der Waals surface area contributed by atoms with Gasteiger partial charge in [0.25, 0.3) is 0 Å². The van der Waals surface area contributed by atoms with Crippen LogP contribution in [0.5, 0.6) is 0 Å². The van der Waals surface area contributed by atoms with Gasteiger partial charge in [0.1, 0.15) is 12.3 Å². The van der Waals surface area contributed by atoms with E-state index in [0.29, 0.717) is 0 Å². The van der Waals surface area contributed by atoms with Crippen molar-refractivity contribution in [2.75, 3.05) is 0 Å². The molecule has 0 amide bonds. The van der Waals surface area contributed by atoms with Gasteiger partial charge in [0.15, 0.2) is 0 Å². The molecule has 8 aromatic carbocycles. The van der Waals surface area contributed by atoms with Gasteiger partial charge in [-0.3, -0.25) is 0 Å². The van der Waals surface area contributed by atoms with E-state index in [-0.39, 0.29) is 16.8 Å². The molecule has 0 unspecified atom stereocenters. The van der Waals surface area contributed by atoms with Crippen LogP contribution in [0.2, 0.25) is 0 Å². The second-order valence-electron chi connectivity index (χ2n) is 13.0. The molecule has 0 aliphatic heterocycles. The summed E-state index contributed by atoms with van der Waals surface area (Å²) < 4.78 is 0. The summed E-state index contributed by atoms with van der Waals surface area (Å²) in [7, 11) is 0. The van der Waals surface area contributed by atoms with Gasteiger partial charge in [-0.1, -0.05) is 243 Å². The van der Waals surface area contributed by atoms with Gasteiger partial charge < -0.3 is 0 Å². The van der Waals surface area contributed by atoms with Crippen molar-refractivity contribution in [3.05, 3.63) is 243 Å². The maximum Gasteiger partial charge on any atom is 2.00 e. The van der Waals surface area contributed by atoms with Crippen LogP contribution in [0.3, 0.4) is 0 Å². The Morgan fingerprint density at radius 2 is 0.255 bits per heavy atom. The molecule has 0 nitrogen and oxygen atoms in total. The van der Waals surface area contributed by atoms with Gasteiger partial charge in [-0.05, 0) is 0 Å². The molecule has 0 saturated heterocycles. The average Bonchev–Trinajstić information content (AvgIpc) is 3.22. The van der Waals surface area contributed by atoms with Gasteiger partial charge in [-0.2, -0.15) is 43.7 Å². The third-order valence-corrected chi connectivity index (χ3v) is 10.4. The van der Waals surface area contributed by atoms with Gasteiger partial charge in [-0.15, -0.1) is 0 Å². The molecule has 0 saturated carbocycles. The number of hydrogen-bond donors (Lipinski definition) is 0. The molecule has 51 heavy (non-hydrogen) atoms. The summed E-state index contributed by atoms with van der Waals surface area (Å²) in [6.45, 7) is 0. The molecule has 3 heteroatoms. The first-order valence-corrected chi connectivity index (χ1v) is 17.6. The van der Waals surface area contributed by atoms with Crippen LogP contribution in [0.1, 0.15) is 0 Å². The van der Waals surface area contributed by atoms with Crippen LogP contribution in [0.15, 0.2) is 243 Å². The molecule has 8 rings (SSSR count). The van der Waals surface area contributed by atoms with Crippen molar-refractivity contribution in [1.29, 1.82) is 0 Å². The van der Waals surface area contributed by atoms with Gasteiger partial charge in [0, 0.05) is 0 Å². The van der Waals surface area contributed by atoms with E-state index in [0.717, 1.165) is 0 Å². The fraction of sp³-hybridized carbons (Fsp3) is 0. The molecular formula is C48H40B2Co. The molecule has 1 radical (unpaired) electrons. The van der Waals surface area contributed by atoms with Crippen molar-refractivity contribution >= 4 is 56.0 Å². The topological polar surface area (TPSA) is 0 Å². The van der Waals surface area contributed by atoms with E-state index >= 15 is 0 Å². The predicted octanol–water partition coefficient (Wildman–Crippen LogP) is 6.13. The van der Waals surface area contributed by atoms with Gasteiger partial charge in [-0.25, -0.2) is 0 Å². The van der Waals surface area contributed by atoms with Crippen LogP contribution in [0, 0.1) is 0 Å². The second-order valence-corrected chi connectivity index (χ2v) is 13.0. The molecule has 247 valence electrons. The summed E-state index contributed by atoms with van der Waals surface area (Å²) in [4.78, 5) is 0. The van der Waals surface area contributed by atoms with E-state index in [1.165, 1.54) is 43.7 Å². The van der Waals surface area contributed by atoms with Gasteiger partial charge in [0.05, 0.1) is 0 Å². The van der Waals surface area contributed by atoms with Crippen LogP contribution in [-0.2, 0) is 16.8 Å². The Morgan fingerprint density at radius 3 is 0.353 bits per heavy atom. The zero-order valence-corrected chi connectivity index (χ0v) is 29.6. The Hall–Kier alpha value is -5.60. The Morgan fingerprint density at radius 1 is 0.157 bits per heavy atom. The van der Waals surface area contributed by atoms with Crippen LogP contribution in [0.4, 0.5) is 0 Å². The number of rotatable bonds is 8. The Labute approximate surface area is 313 Å². The molecule has 0 heterocycles. The third-order valence-electron chi connectivity index (χ3n) is 10.4. The fourth-order valence-corrected chi connectivity index (χ4v) is 8.24. The smallest absolute Gasteiger partial charge is 0.195 e. The maximum atomic E-state index is 2.26. The van der Waals surface area contributed by atoms with Crippen molar-refractivity contribution in [3.8, 4) is 0 Å². The molecule has 0 aliphatic rings. The van der Waals surface area contributed by atoms with Crippen LogP contribution in [0.25, 0.3) is 0 Å². The fourth-order valence-electron chi connectivity index (χ4n) is 8.24. The zero-order chi connectivity index (χ0) is 33.9. The molecule has 0 bridgehead atoms. The molecule has 0 N–H and O–H groups in total. The monoisotopic (exact) mass is 697 g/mol. The predicted molar refractivity (Wildman–Crippen MR) is 220 cm³/mol. The number of benzene rings is 8. The summed E-state index contributed by atoms with van der Waals surface area (Å²) >= 11 is 0. The molecule has 0 fully saturated rings. The molecule has 0 spiro atoms. The Kier molecular flexibility index (Phi) is 11.7. The van der Waals surface area contributed by atoms with Crippen molar-refractivity contribution in [2.45, 2.75) is 0 Å². The Balaban J connectivity index is 0.000000172. The van der Waals surface area contributed by atoms with E-state index in [4.69, 9.17) is 0 Å². The van der Waals surface area contributed by atoms with Gasteiger partial charge in [0.2, 0.25) is 0 Å². The normalized spacial score (nSPS) is 11.0. The minimum Gasteiger partial charge on any atom is -0.195 e. The van der Waals surface area contributed by atoms with Crippen molar-refractivity contribution in [3.63, 3.8) is 0 Å². The van der Waals surface area contributed by atoms with Crippen molar-refractivity contribution in [1.82, 2.24) is 0 Å². The minimum absolute atomic E-state index is 0. The largest absolute Gasteiger partial charge is 2.00 e. The first kappa shape index (κ1) is 35.2. The maximum absolute atomic E-state index is 2.26. The van der Waals surface area contributed by atoms with E-state index < -0.39 is 12.3 Å². The van der Waals surface area contributed by atoms with Crippen LogP contribution < -0.4 is 43.7 Å². The van der Waals surface area contributed by atoms with E-state index in [1.54, 1.807) is 0 Å². The molecule has 8 aromatic rings. The van der Waals surface area contributed by atoms with Crippen LogP contribution in [-0.4, -0.2) is 12.3 Å². The van der Waals surface area contributed by atoms with Crippen molar-refractivity contribution < 1.29 is 16.8 Å².